The third-order valence-corrected chi connectivity index (χ3v) is 3.83. The van der Waals surface area contributed by atoms with Crippen molar-refractivity contribution in [2.75, 3.05) is 11.5 Å². The van der Waals surface area contributed by atoms with Crippen LogP contribution < -0.4 is 11.3 Å². The lowest BCUT2D eigenvalue weighted by Gasteiger charge is -2.10. The van der Waals surface area contributed by atoms with Gasteiger partial charge < -0.3 is 5.11 Å². The van der Waals surface area contributed by atoms with Crippen LogP contribution in [0.2, 0.25) is 0 Å². The predicted molar refractivity (Wildman–Crippen MR) is 45.1 cm³/mol. The molecule has 0 saturated carbocycles. The largest absolute Gasteiger partial charge is 0.392 e. The number of carbonyl (C=O) groups excluding carboxylic acids is 1. The van der Waals surface area contributed by atoms with Gasteiger partial charge in [-0.25, -0.2) is 14.3 Å². The molecule has 2 atom stereocenters. The highest BCUT2D eigenvalue weighted by molar-refractivity contribution is 7.91. The molecule has 1 saturated heterocycles. The molecule has 0 radical (unpaired) electrons. The van der Waals surface area contributed by atoms with Crippen LogP contribution >= 0.6 is 0 Å². The summed E-state index contributed by atoms with van der Waals surface area (Å²) in [5, 5.41) is 9.27. The molecule has 1 rings (SSSR count). The summed E-state index contributed by atoms with van der Waals surface area (Å²) in [6.45, 7) is 0. The Morgan fingerprint density at radius 2 is 2.15 bits per heavy atom. The van der Waals surface area contributed by atoms with Crippen molar-refractivity contribution in [1.82, 2.24) is 5.43 Å². The van der Waals surface area contributed by atoms with Crippen molar-refractivity contribution in [2.45, 2.75) is 12.5 Å². The van der Waals surface area contributed by atoms with Crippen LogP contribution in [0.25, 0.3) is 0 Å². The van der Waals surface area contributed by atoms with E-state index < -0.39 is 27.8 Å². The second-order valence-corrected chi connectivity index (χ2v) is 5.33. The summed E-state index contributed by atoms with van der Waals surface area (Å²) >= 11 is 0. The molecule has 7 heteroatoms. The summed E-state index contributed by atoms with van der Waals surface area (Å²) in [6, 6.07) is 0. The number of hydrazine groups is 1. The van der Waals surface area contributed by atoms with Crippen LogP contribution in [0.15, 0.2) is 0 Å². The molecule has 0 aromatic rings. The number of nitrogens with one attached hydrogen (secondary N) is 1. The lowest BCUT2D eigenvalue weighted by Crippen LogP contribution is -2.33. The van der Waals surface area contributed by atoms with Crippen LogP contribution in [0.3, 0.4) is 0 Å². The maximum atomic E-state index is 11.0. The summed E-state index contributed by atoms with van der Waals surface area (Å²) in [6.07, 6.45) is -0.987. The Morgan fingerprint density at radius 3 is 2.54 bits per heavy atom. The minimum absolute atomic E-state index is 0.0447. The van der Waals surface area contributed by atoms with Crippen LogP contribution in [0.4, 0.5) is 0 Å². The van der Waals surface area contributed by atoms with Crippen LogP contribution in [0.1, 0.15) is 6.42 Å². The summed E-state index contributed by atoms with van der Waals surface area (Å²) in [5.74, 6) is 3.46. The van der Waals surface area contributed by atoms with E-state index in [-0.39, 0.29) is 17.9 Å². The molecular formula is C6H12N2O4S. The van der Waals surface area contributed by atoms with E-state index >= 15 is 0 Å². The Morgan fingerprint density at radius 1 is 1.54 bits per heavy atom. The molecule has 1 fully saturated rings. The van der Waals surface area contributed by atoms with Crippen LogP contribution in [0.5, 0.6) is 0 Å². The second kappa shape index (κ2) is 3.60. The van der Waals surface area contributed by atoms with E-state index in [1.807, 2.05) is 5.43 Å². The quantitative estimate of drug-likeness (QED) is 0.270. The zero-order valence-electron chi connectivity index (χ0n) is 6.93. The first-order chi connectivity index (χ1) is 5.94. The number of hydrogen-bond acceptors (Lipinski definition) is 5. The number of carbonyl (C=O) groups is 1. The molecule has 0 aromatic heterocycles. The number of nitrogens with two attached hydrogens (primary N) is 1. The Balaban J connectivity index is 2.59. The van der Waals surface area contributed by atoms with Crippen LogP contribution in [-0.2, 0) is 14.6 Å². The molecule has 0 aliphatic carbocycles. The molecule has 0 aromatic carbocycles. The molecule has 0 unspecified atom stereocenters. The fourth-order valence-electron chi connectivity index (χ4n) is 1.39. The van der Waals surface area contributed by atoms with E-state index in [0.29, 0.717) is 0 Å². The number of hydrogen-bond donors (Lipinski definition) is 3. The monoisotopic (exact) mass is 208 g/mol. The average Bonchev–Trinajstić information content (AvgIpc) is 2.24. The average molecular weight is 208 g/mol. The molecule has 0 bridgehead atoms. The maximum Gasteiger partial charge on any atom is 0.234 e. The number of aliphatic hydroxyl groups is 1. The van der Waals surface area contributed by atoms with Crippen molar-refractivity contribution >= 4 is 15.7 Å². The number of amides is 1. The molecule has 1 heterocycles. The molecule has 76 valence electrons. The van der Waals surface area contributed by atoms with Crippen molar-refractivity contribution in [1.29, 1.82) is 0 Å². The van der Waals surface area contributed by atoms with Crippen molar-refractivity contribution in [3.63, 3.8) is 0 Å². The van der Waals surface area contributed by atoms with Crippen LogP contribution in [-0.4, -0.2) is 37.0 Å². The fraction of sp³-hybridized carbons (Fsp3) is 0.833. The van der Waals surface area contributed by atoms with Gasteiger partial charge in [0.1, 0.15) is 0 Å². The van der Waals surface area contributed by atoms with Crippen LogP contribution in [0, 0.1) is 5.92 Å². The van der Waals surface area contributed by atoms with E-state index in [9.17, 15) is 18.3 Å². The van der Waals surface area contributed by atoms with Gasteiger partial charge in [-0.2, -0.15) is 0 Å². The van der Waals surface area contributed by atoms with Gasteiger partial charge in [0.25, 0.3) is 0 Å². The molecule has 1 amide bonds. The van der Waals surface area contributed by atoms with Gasteiger partial charge >= 0.3 is 0 Å². The van der Waals surface area contributed by atoms with Gasteiger partial charge in [0, 0.05) is 12.3 Å². The highest BCUT2D eigenvalue weighted by Crippen LogP contribution is 2.21. The van der Waals surface area contributed by atoms with Gasteiger partial charge in [0.05, 0.1) is 17.6 Å². The lowest BCUT2D eigenvalue weighted by molar-refractivity contribution is -0.122. The minimum atomic E-state index is -3.17. The third-order valence-electron chi connectivity index (χ3n) is 2.05. The van der Waals surface area contributed by atoms with Gasteiger partial charge in [0.2, 0.25) is 5.91 Å². The Kier molecular flexibility index (Phi) is 2.89. The number of rotatable bonds is 2. The Labute approximate surface area is 76.0 Å². The maximum absolute atomic E-state index is 11.0. The fourth-order valence-corrected chi connectivity index (χ4v) is 3.31. The van der Waals surface area contributed by atoms with E-state index in [2.05, 4.69) is 0 Å². The van der Waals surface area contributed by atoms with Gasteiger partial charge in [-0.3, -0.25) is 10.2 Å². The molecule has 1 aliphatic rings. The number of sulfone groups is 1. The molecule has 0 spiro atoms. The first kappa shape index (κ1) is 10.4. The Bertz CT molecular complexity index is 300. The van der Waals surface area contributed by atoms with E-state index in [4.69, 9.17) is 5.84 Å². The number of aliphatic hydroxyl groups excluding tert-OH is 1. The van der Waals surface area contributed by atoms with E-state index in [0.717, 1.165) is 0 Å². The van der Waals surface area contributed by atoms with E-state index in [1.54, 1.807) is 0 Å². The van der Waals surface area contributed by atoms with Gasteiger partial charge in [0.15, 0.2) is 9.84 Å². The zero-order valence-corrected chi connectivity index (χ0v) is 7.75. The van der Waals surface area contributed by atoms with Gasteiger partial charge in [-0.05, 0) is 0 Å². The molecule has 6 nitrogen and oxygen atoms in total. The molecule has 13 heavy (non-hydrogen) atoms. The van der Waals surface area contributed by atoms with Crippen molar-refractivity contribution in [3.05, 3.63) is 0 Å². The van der Waals surface area contributed by atoms with E-state index in [1.165, 1.54) is 0 Å². The second-order valence-electron chi connectivity index (χ2n) is 3.18. The smallest absolute Gasteiger partial charge is 0.234 e. The predicted octanol–water partition coefficient (Wildman–Crippen LogP) is -2.23. The third kappa shape index (κ3) is 2.64. The normalized spacial score (nSPS) is 31.5. The van der Waals surface area contributed by atoms with Gasteiger partial charge in [-0.15, -0.1) is 0 Å². The summed E-state index contributed by atoms with van der Waals surface area (Å²) in [5.41, 5.74) is 1.89. The summed E-state index contributed by atoms with van der Waals surface area (Å²) in [7, 11) is -3.17. The lowest BCUT2D eigenvalue weighted by atomic mass is 10.0. The van der Waals surface area contributed by atoms with Crippen molar-refractivity contribution in [3.8, 4) is 0 Å². The topological polar surface area (TPSA) is 109 Å². The SMILES string of the molecule is NNC(=O)C[C@@H]1CS(=O)(=O)C[C@@H]1O. The first-order valence-corrected chi connectivity index (χ1v) is 5.64. The van der Waals surface area contributed by atoms with Crippen molar-refractivity contribution < 1.29 is 18.3 Å². The zero-order chi connectivity index (χ0) is 10.1. The standard InChI is InChI=1S/C6H12N2O4S/c7-8-6(10)1-4-2-13(11,12)3-5(4)9/h4-5,9H,1-3,7H2,(H,8,10)/t4-,5+/m1/s1. The highest BCUT2D eigenvalue weighted by Gasteiger charge is 2.37. The van der Waals surface area contributed by atoms with Gasteiger partial charge in [-0.1, -0.05) is 0 Å². The molecule has 1 aliphatic heterocycles. The highest BCUT2D eigenvalue weighted by atomic mass is 32.2. The first-order valence-electron chi connectivity index (χ1n) is 3.82. The van der Waals surface area contributed by atoms with Crippen molar-refractivity contribution in [2.24, 2.45) is 11.8 Å². The minimum Gasteiger partial charge on any atom is -0.392 e. The molecule has 4 N–H and O–H groups in total. The molecular weight excluding hydrogens is 196 g/mol. The summed E-state index contributed by atoms with van der Waals surface area (Å²) < 4.78 is 22.0. The Hall–Kier alpha value is -0.660. The summed E-state index contributed by atoms with van der Waals surface area (Å²) in [4.78, 5) is 10.8.